The Morgan fingerprint density at radius 2 is 1.96 bits per heavy atom. The Balaban J connectivity index is 1.78. The molecule has 0 saturated carbocycles. The van der Waals surface area contributed by atoms with Gasteiger partial charge in [-0.05, 0) is 48.1 Å². The highest BCUT2D eigenvalue weighted by Gasteiger charge is 2.33. The van der Waals surface area contributed by atoms with Crippen molar-refractivity contribution in [3.63, 3.8) is 0 Å². The van der Waals surface area contributed by atoms with E-state index in [1.54, 1.807) is 6.07 Å². The molecule has 1 fully saturated rings. The quantitative estimate of drug-likeness (QED) is 0.350. The van der Waals surface area contributed by atoms with E-state index in [1.807, 2.05) is 0 Å². The first-order valence-corrected chi connectivity index (χ1v) is 8.70. The van der Waals surface area contributed by atoms with Crippen LogP contribution in [0.25, 0.3) is 6.08 Å². The highest BCUT2D eigenvalue weighted by Crippen LogP contribution is 2.32. The summed E-state index contributed by atoms with van der Waals surface area (Å²) in [6.45, 7) is 0. The third-order valence-corrected chi connectivity index (χ3v) is 4.82. The number of nitro groups is 1. The van der Waals surface area contributed by atoms with Gasteiger partial charge in [-0.1, -0.05) is 23.9 Å². The molecule has 2 aromatic rings. The molecular formula is C17H11N3O5S2. The van der Waals surface area contributed by atoms with Crippen LogP contribution in [-0.4, -0.2) is 31.2 Å². The van der Waals surface area contributed by atoms with Gasteiger partial charge in [-0.15, -0.1) is 0 Å². The van der Waals surface area contributed by atoms with Crippen molar-refractivity contribution in [3.8, 4) is 5.75 Å². The predicted octanol–water partition coefficient (Wildman–Crippen LogP) is 2.85. The van der Waals surface area contributed by atoms with Crippen LogP contribution >= 0.6 is 24.0 Å². The van der Waals surface area contributed by atoms with E-state index < -0.39 is 16.7 Å². The summed E-state index contributed by atoms with van der Waals surface area (Å²) in [5.74, 6) is -1.09. The molecule has 8 nitrogen and oxygen atoms in total. The number of hydrogen-bond donors (Lipinski definition) is 2. The third-order valence-electron chi connectivity index (χ3n) is 3.52. The highest BCUT2D eigenvalue weighted by atomic mass is 32.2. The minimum absolute atomic E-state index is 0.0112. The number of carbonyl (C=O) groups excluding carboxylic acids is 2. The Hall–Kier alpha value is -3.24. The molecule has 2 N–H and O–H groups in total. The fraction of sp³-hybridized carbons (Fsp3) is 0. The normalized spacial score (nSPS) is 15.3. The Morgan fingerprint density at radius 3 is 2.63 bits per heavy atom. The fourth-order valence-electron chi connectivity index (χ4n) is 2.22. The zero-order chi connectivity index (χ0) is 19.6. The number of hydrogen-bond acceptors (Lipinski definition) is 7. The number of carbonyl (C=O) groups is 2. The van der Waals surface area contributed by atoms with E-state index in [4.69, 9.17) is 12.2 Å². The SMILES string of the molecule is O=C(NN1C(=O)/C(=C/c2cccc([N+](=O)[O-])c2)SC1=S)c1ccc(O)cc1. The smallest absolute Gasteiger partial charge is 0.285 e. The lowest BCUT2D eigenvalue weighted by Gasteiger charge is -2.15. The van der Waals surface area contributed by atoms with Crippen molar-refractivity contribution in [2.45, 2.75) is 0 Å². The molecule has 0 bridgehead atoms. The monoisotopic (exact) mass is 401 g/mol. The average molecular weight is 401 g/mol. The second-order valence-electron chi connectivity index (χ2n) is 5.36. The van der Waals surface area contributed by atoms with Crippen LogP contribution in [0.5, 0.6) is 5.75 Å². The number of thiocarbonyl (C=S) groups is 1. The number of nitrogens with zero attached hydrogens (tertiary/aromatic N) is 2. The van der Waals surface area contributed by atoms with Gasteiger partial charge in [0, 0.05) is 17.7 Å². The van der Waals surface area contributed by atoms with Crippen molar-refractivity contribution < 1.29 is 19.6 Å². The van der Waals surface area contributed by atoms with Crippen LogP contribution in [0.4, 0.5) is 5.69 Å². The van der Waals surface area contributed by atoms with Crippen molar-refractivity contribution in [1.82, 2.24) is 10.4 Å². The lowest BCUT2D eigenvalue weighted by molar-refractivity contribution is -0.384. The Kier molecular flexibility index (Phi) is 5.19. The first kappa shape index (κ1) is 18.5. The second-order valence-corrected chi connectivity index (χ2v) is 7.03. The molecule has 27 heavy (non-hydrogen) atoms. The Bertz CT molecular complexity index is 988. The first-order valence-electron chi connectivity index (χ1n) is 7.47. The molecule has 10 heteroatoms. The summed E-state index contributed by atoms with van der Waals surface area (Å²) in [5, 5.41) is 21.1. The third kappa shape index (κ3) is 4.13. The zero-order valence-corrected chi connectivity index (χ0v) is 15.1. The molecule has 3 rings (SSSR count). The van der Waals surface area contributed by atoms with Crippen molar-refractivity contribution in [2.24, 2.45) is 0 Å². The largest absolute Gasteiger partial charge is 0.508 e. The van der Waals surface area contributed by atoms with E-state index in [1.165, 1.54) is 48.5 Å². The van der Waals surface area contributed by atoms with E-state index in [0.29, 0.717) is 5.56 Å². The number of aromatic hydroxyl groups is 1. The zero-order valence-electron chi connectivity index (χ0n) is 13.5. The molecule has 2 amide bonds. The maximum absolute atomic E-state index is 12.5. The van der Waals surface area contributed by atoms with Crippen molar-refractivity contribution in [3.05, 3.63) is 74.7 Å². The van der Waals surface area contributed by atoms with Gasteiger partial charge in [0.05, 0.1) is 9.83 Å². The van der Waals surface area contributed by atoms with Crippen LogP contribution in [0.15, 0.2) is 53.4 Å². The minimum atomic E-state index is -0.567. The first-order chi connectivity index (χ1) is 12.8. The second kappa shape index (κ2) is 7.56. The maximum Gasteiger partial charge on any atom is 0.285 e. The maximum atomic E-state index is 12.5. The van der Waals surface area contributed by atoms with Crippen LogP contribution in [0.3, 0.4) is 0 Å². The van der Waals surface area contributed by atoms with Crippen molar-refractivity contribution >= 4 is 51.9 Å². The van der Waals surface area contributed by atoms with Crippen molar-refractivity contribution in [2.75, 3.05) is 0 Å². The van der Waals surface area contributed by atoms with Crippen molar-refractivity contribution in [1.29, 1.82) is 0 Å². The molecule has 1 aliphatic heterocycles. The number of amides is 2. The van der Waals surface area contributed by atoms with Gasteiger partial charge in [0.2, 0.25) is 0 Å². The highest BCUT2D eigenvalue weighted by molar-refractivity contribution is 8.26. The number of benzene rings is 2. The standard InChI is InChI=1S/C17H11N3O5S2/c21-13-6-4-11(5-7-13)15(22)18-19-16(23)14(27-17(19)26)9-10-2-1-3-12(8-10)20(24)25/h1-9,21H,(H,18,22)/b14-9-. The summed E-state index contributed by atoms with van der Waals surface area (Å²) in [7, 11) is 0. The molecule has 0 spiro atoms. The molecule has 0 atom stereocenters. The number of phenols is 1. The van der Waals surface area contributed by atoms with Gasteiger partial charge in [-0.3, -0.25) is 25.1 Å². The molecule has 1 heterocycles. The molecule has 2 aromatic carbocycles. The molecule has 0 radical (unpaired) electrons. The van der Waals surface area contributed by atoms with E-state index >= 15 is 0 Å². The molecule has 136 valence electrons. The number of nitro benzene ring substituents is 1. The topological polar surface area (TPSA) is 113 Å². The molecule has 0 aliphatic carbocycles. The van der Waals surface area contributed by atoms with E-state index in [2.05, 4.69) is 5.43 Å². The van der Waals surface area contributed by atoms with E-state index in [-0.39, 0.29) is 26.2 Å². The molecular weight excluding hydrogens is 390 g/mol. The van der Waals surface area contributed by atoms with E-state index in [0.717, 1.165) is 16.8 Å². The Labute approximate surface area is 162 Å². The van der Waals surface area contributed by atoms with Gasteiger partial charge >= 0.3 is 0 Å². The van der Waals surface area contributed by atoms with Gasteiger partial charge in [-0.25, -0.2) is 0 Å². The lowest BCUT2D eigenvalue weighted by Crippen LogP contribution is -2.44. The van der Waals surface area contributed by atoms with Gasteiger partial charge in [0.25, 0.3) is 17.5 Å². The van der Waals surface area contributed by atoms with Gasteiger partial charge in [-0.2, -0.15) is 5.01 Å². The summed E-state index contributed by atoms with van der Waals surface area (Å²) < 4.78 is 0.129. The molecule has 1 saturated heterocycles. The van der Waals surface area contributed by atoms with Gasteiger partial charge < -0.3 is 5.11 Å². The summed E-state index contributed by atoms with van der Waals surface area (Å²) in [5.41, 5.74) is 3.02. The van der Waals surface area contributed by atoms with Crippen LogP contribution in [-0.2, 0) is 4.79 Å². The molecule has 0 unspecified atom stereocenters. The fourth-order valence-corrected chi connectivity index (χ4v) is 3.40. The number of nitrogens with one attached hydrogen (secondary N) is 1. The summed E-state index contributed by atoms with van der Waals surface area (Å²) >= 11 is 6.11. The van der Waals surface area contributed by atoms with Gasteiger partial charge in [0.1, 0.15) is 5.75 Å². The number of rotatable bonds is 4. The average Bonchev–Trinajstić information content (AvgIpc) is 2.90. The van der Waals surface area contributed by atoms with Crippen LogP contribution in [0.1, 0.15) is 15.9 Å². The number of thioether (sulfide) groups is 1. The number of non-ortho nitro benzene ring substituents is 1. The molecule has 1 aliphatic rings. The lowest BCUT2D eigenvalue weighted by atomic mass is 10.2. The van der Waals surface area contributed by atoms with Crippen LogP contribution < -0.4 is 5.43 Å². The predicted molar refractivity (Wildman–Crippen MR) is 104 cm³/mol. The molecule has 0 aromatic heterocycles. The van der Waals surface area contributed by atoms with Crippen LogP contribution in [0.2, 0.25) is 0 Å². The number of phenolic OH excluding ortho intramolecular Hbond substituents is 1. The Morgan fingerprint density at radius 1 is 1.26 bits per heavy atom. The van der Waals surface area contributed by atoms with Gasteiger partial charge in [0.15, 0.2) is 4.32 Å². The summed E-state index contributed by atoms with van der Waals surface area (Å²) in [6, 6.07) is 11.3. The van der Waals surface area contributed by atoms with Crippen LogP contribution in [0, 0.1) is 10.1 Å². The number of hydrazine groups is 1. The minimum Gasteiger partial charge on any atom is -0.508 e. The van der Waals surface area contributed by atoms with E-state index in [9.17, 15) is 24.8 Å². The summed E-state index contributed by atoms with van der Waals surface area (Å²) in [4.78, 5) is 35.3. The summed E-state index contributed by atoms with van der Waals surface area (Å²) in [6.07, 6.45) is 1.47.